The largest absolute Gasteiger partial charge is 0.359 e. The Hall–Kier alpha value is -3.48. The van der Waals surface area contributed by atoms with Crippen molar-refractivity contribution in [1.29, 1.82) is 0 Å². The van der Waals surface area contributed by atoms with E-state index in [0.717, 1.165) is 5.56 Å². The molecule has 0 bridgehead atoms. The number of pyridine rings is 1. The van der Waals surface area contributed by atoms with Crippen LogP contribution in [0.25, 0.3) is 0 Å². The normalized spacial score (nSPS) is 11.1. The smallest absolute Gasteiger partial charge is 0.274 e. The lowest BCUT2D eigenvalue weighted by atomic mass is 9.93. The van der Waals surface area contributed by atoms with Crippen molar-refractivity contribution >= 4 is 23.3 Å². The summed E-state index contributed by atoms with van der Waals surface area (Å²) in [6.07, 6.45) is 1.75. The quantitative estimate of drug-likeness (QED) is 0.704. The van der Waals surface area contributed by atoms with Crippen LogP contribution in [0.3, 0.4) is 0 Å². The third-order valence-corrected chi connectivity index (χ3v) is 3.99. The minimum atomic E-state index is -0.285. The standard InChI is InChI=1S/C21H22N4O3/c1-21(2,3)17-13-18(25-28-17)24-19(26)12-14-7-9-15(10-8-14)23-20(27)16-6-4-5-11-22-16/h4-11,13H,12H2,1-3H3,(H,23,27)(H,24,25,26). The fourth-order valence-corrected chi connectivity index (χ4v) is 2.46. The molecule has 0 atom stereocenters. The number of amides is 2. The highest BCUT2D eigenvalue weighted by Crippen LogP contribution is 2.24. The number of hydrogen-bond donors (Lipinski definition) is 2. The van der Waals surface area contributed by atoms with Gasteiger partial charge in [-0.15, -0.1) is 0 Å². The Morgan fingerprint density at radius 2 is 1.79 bits per heavy atom. The Balaban J connectivity index is 1.56. The van der Waals surface area contributed by atoms with Crippen LogP contribution in [0.15, 0.2) is 59.3 Å². The summed E-state index contributed by atoms with van der Waals surface area (Å²) in [4.78, 5) is 28.3. The number of aromatic nitrogens is 2. The molecule has 28 heavy (non-hydrogen) atoms. The number of benzene rings is 1. The highest BCUT2D eigenvalue weighted by Gasteiger charge is 2.20. The zero-order valence-electron chi connectivity index (χ0n) is 16.0. The molecule has 7 heteroatoms. The van der Waals surface area contributed by atoms with Crippen LogP contribution in [0, 0.1) is 0 Å². The van der Waals surface area contributed by atoms with Gasteiger partial charge in [0.1, 0.15) is 11.5 Å². The van der Waals surface area contributed by atoms with Gasteiger partial charge in [0, 0.05) is 23.4 Å². The first-order valence-electron chi connectivity index (χ1n) is 8.89. The summed E-state index contributed by atoms with van der Waals surface area (Å²) >= 11 is 0. The number of rotatable bonds is 5. The Kier molecular flexibility index (Phi) is 5.54. The van der Waals surface area contributed by atoms with E-state index in [-0.39, 0.29) is 23.7 Å². The predicted molar refractivity (Wildman–Crippen MR) is 106 cm³/mol. The number of nitrogens with zero attached hydrogens (tertiary/aromatic N) is 2. The van der Waals surface area contributed by atoms with Gasteiger partial charge in [0.25, 0.3) is 5.91 Å². The van der Waals surface area contributed by atoms with Gasteiger partial charge in [-0.05, 0) is 29.8 Å². The average Bonchev–Trinajstić information content (AvgIpc) is 3.13. The predicted octanol–water partition coefficient (Wildman–Crippen LogP) is 3.80. The van der Waals surface area contributed by atoms with Gasteiger partial charge in [0.2, 0.25) is 5.91 Å². The Morgan fingerprint density at radius 3 is 2.39 bits per heavy atom. The molecule has 2 N–H and O–H groups in total. The molecule has 1 aromatic carbocycles. The van der Waals surface area contributed by atoms with E-state index in [1.165, 1.54) is 0 Å². The lowest BCUT2D eigenvalue weighted by Crippen LogP contribution is -2.15. The van der Waals surface area contributed by atoms with E-state index < -0.39 is 0 Å². The van der Waals surface area contributed by atoms with Gasteiger partial charge in [0.15, 0.2) is 5.82 Å². The number of carbonyl (C=O) groups excluding carboxylic acids is 2. The van der Waals surface area contributed by atoms with E-state index in [1.807, 2.05) is 20.8 Å². The number of nitrogens with one attached hydrogen (secondary N) is 2. The van der Waals surface area contributed by atoms with Crippen molar-refractivity contribution in [3.63, 3.8) is 0 Å². The van der Waals surface area contributed by atoms with E-state index in [2.05, 4.69) is 20.8 Å². The topological polar surface area (TPSA) is 97.1 Å². The maximum absolute atomic E-state index is 12.2. The van der Waals surface area contributed by atoms with Gasteiger partial charge in [-0.1, -0.05) is 44.1 Å². The van der Waals surface area contributed by atoms with E-state index >= 15 is 0 Å². The maximum Gasteiger partial charge on any atom is 0.274 e. The highest BCUT2D eigenvalue weighted by molar-refractivity contribution is 6.02. The molecule has 2 heterocycles. The van der Waals surface area contributed by atoms with Crippen LogP contribution in [0.1, 0.15) is 42.6 Å². The molecule has 2 aromatic heterocycles. The molecule has 2 amide bonds. The summed E-state index contributed by atoms with van der Waals surface area (Å²) < 4.78 is 5.26. The molecule has 0 aliphatic carbocycles. The van der Waals surface area contributed by atoms with Crippen molar-refractivity contribution in [3.05, 3.63) is 71.7 Å². The second-order valence-corrected chi connectivity index (χ2v) is 7.42. The van der Waals surface area contributed by atoms with Crippen LogP contribution < -0.4 is 10.6 Å². The molecule has 0 saturated carbocycles. The monoisotopic (exact) mass is 378 g/mol. The van der Waals surface area contributed by atoms with E-state index in [9.17, 15) is 9.59 Å². The van der Waals surface area contributed by atoms with Gasteiger partial charge < -0.3 is 15.2 Å². The van der Waals surface area contributed by atoms with Gasteiger partial charge in [-0.2, -0.15) is 0 Å². The lowest BCUT2D eigenvalue weighted by molar-refractivity contribution is -0.115. The first kappa shape index (κ1) is 19.3. The number of hydrogen-bond acceptors (Lipinski definition) is 5. The third kappa shape index (κ3) is 5.03. The van der Waals surface area contributed by atoms with E-state index in [0.29, 0.717) is 23.0 Å². The summed E-state index contributed by atoms with van der Waals surface area (Å²) in [6.45, 7) is 6.02. The van der Waals surface area contributed by atoms with Crippen LogP contribution in [-0.4, -0.2) is 22.0 Å². The van der Waals surface area contributed by atoms with E-state index in [4.69, 9.17) is 4.52 Å². The fourth-order valence-electron chi connectivity index (χ4n) is 2.46. The van der Waals surface area contributed by atoms with Crippen LogP contribution in [0.4, 0.5) is 11.5 Å². The van der Waals surface area contributed by atoms with Crippen LogP contribution in [-0.2, 0) is 16.6 Å². The average molecular weight is 378 g/mol. The van der Waals surface area contributed by atoms with Gasteiger partial charge in [-0.3, -0.25) is 14.6 Å². The molecule has 0 aliphatic rings. The molecule has 0 radical (unpaired) electrons. The van der Waals surface area contributed by atoms with Crippen LogP contribution in [0.2, 0.25) is 0 Å². The van der Waals surface area contributed by atoms with Crippen molar-refractivity contribution in [2.24, 2.45) is 0 Å². The minimum absolute atomic E-state index is 0.175. The molecule has 0 unspecified atom stereocenters. The van der Waals surface area contributed by atoms with Gasteiger partial charge in [-0.25, -0.2) is 0 Å². The van der Waals surface area contributed by atoms with Crippen molar-refractivity contribution in [2.75, 3.05) is 10.6 Å². The summed E-state index contributed by atoms with van der Waals surface area (Å²) in [7, 11) is 0. The highest BCUT2D eigenvalue weighted by atomic mass is 16.5. The molecular weight excluding hydrogens is 356 g/mol. The first-order valence-corrected chi connectivity index (χ1v) is 8.89. The Labute approximate surface area is 163 Å². The second kappa shape index (κ2) is 8.04. The lowest BCUT2D eigenvalue weighted by Gasteiger charge is -2.12. The fraction of sp³-hybridized carbons (Fsp3) is 0.238. The molecule has 0 saturated heterocycles. The van der Waals surface area contributed by atoms with Gasteiger partial charge in [0.05, 0.1) is 6.42 Å². The summed E-state index contributed by atoms with van der Waals surface area (Å²) in [5, 5.41) is 9.38. The first-order chi connectivity index (χ1) is 13.3. The zero-order valence-corrected chi connectivity index (χ0v) is 16.0. The summed E-state index contributed by atoms with van der Waals surface area (Å²) in [5.41, 5.74) is 1.61. The molecule has 144 valence electrons. The second-order valence-electron chi connectivity index (χ2n) is 7.42. The third-order valence-electron chi connectivity index (χ3n) is 3.99. The molecular formula is C21H22N4O3. The summed E-state index contributed by atoms with van der Waals surface area (Å²) in [5.74, 6) is 0.621. The SMILES string of the molecule is CC(C)(C)c1cc(NC(=O)Cc2ccc(NC(=O)c3ccccn3)cc2)no1. The number of anilines is 2. The van der Waals surface area contributed by atoms with Crippen molar-refractivity contribution in [2.45, 2.75) is 32.6 Å². The van der Waals surface area contributed by atoms with Crippen molar-refractivity contribution in [3.8, 4) is 0 Å². The summed E-state index contributed by atoms with van der Waals surface area (Å²) in [6, 6.07) is 13.9. The zero-order chi connectivity index (χ0) is 20.1. The molecule has 0 spiro atoms. The molecule has 7 nitrogen and oxygen atoms in total. The molecule has 3 rings (SSSR count). The Bertz CT molecular complexity index is 957. The minimum Gasteiger partial charge on any atom is -0.359 e. The van der Waals surface area contributed by atoms with Crippen LogP contribution >= 0.6 is 0 Å². The molecule has 0 fully saturated rings. The molecule has 3 aromatic rings. The van der Waals surface area contributed by atoms with Crippen LogP contribution in [0.5, 0.6) is 0 Å². The Morgan fingerprint density at radius 1 is 1.04 bits per heavy atom. The molecule has 0 aliphatic heterocycles. The number of carbonyl (C=O) groups is 2. The van der Waals surface area contributed by atoms with Crippen molar-refractivity contribution < 1.29 is 14.1 Å². The van der Waals surface area contributed by atoms with Gasteiger partial charge >= 0.3 is 0 Å². The maximum atomic E-state index is 12.2. The van der Waals surface area contributed by atoms with Crippen molar-refractivity contribution in [1.82, 2.24) is 10.1 Å². The van der Waals surface area contributed by atoms with E-state index in [1.54, 1.807) is 54.7 Å².